The van der Waals surface area contributed by atoms with E-state index >= 15 is 0 Å². The number of phenols is 1. The zero-order valence-corrected chi connectivity index (χ0v) is 11.0. The molecule has 0 atom stereocenters. The molecule has 0 unspecified atom stereocenters. The van der Waals surface area contributed by atoms with Crippen LogP contribution in [0.4, 0.5) is 0 Å². The summed E-state index contributed by atoms with van der Waals surface area (Å²) in [4.78, 5) is 34.8. The molecule has 0 saturated heterocycles. The van der Waals surface area contributed by atoms with Crippen LogP contribution in [0.3, 0.4) is 0 Å². The van der Waals surface area contributed by atoms with Crippen molar-refractivity contribution in [3.05, 3.63) is 51.2 Å². The monoisotopic (exact) mass is 282 g/mol. The third-order valence-electron chi connectivity index (χ3n) is 3.52. The number of fused-ring (bicyclic) bond motifs is 2. The topological polar surface area (TPSA) is 84.6 Å². The zero-order chi connectivity index (χ0) is 15.1. The van der Waals surface area contributed by atoms with E-state index in [1.165, 1.54) is 12.1 Å². The Kier molecular flexibility index (Phi) is 2.83. The van der Waals surface area contributed by atoms with Gasteiger partial charge in [0.25, 0.3) is 0 Å². The Hall–Kier alpha value is -2.95. The SMILES string of the molecule is Cc1ccc2c(=O)c3ccc(O)c(C=O)c3oc2c1C=O. The van der Waals surface area contributed by atoms with Gasteiger partial charge in [-0.05, 0) is 30.7 Å². The van der Waals surface area contributed by atoms with Crippen LogP contribution in [0.25, 0.3) is 21.9 Å². The summed E-state index contributed by atoms with van der Waals surface area (Å²) in [5.74, 6) is -0.277. The number of carbonyl (C=O) groups is 2. The van der Waals surface area contributed by atoms with Crippen LogP contribution >= 0.6 is 0 Å². The summed E-state index contributed by atoms with van der Waals surface area (Å²) >= 11 is 0. The minimum Gasteiger partial charge on any atom is -0.507 e. The Morgan fingerprint density at radius 2 is 1.52 bits per heavy atom. The number of benzene rings is 2. The van der Waals surface area contributed by atoms with Gasteiger partial charge >= 0.3 is 0 Å². The van der Waals surface area contributed by atoms with Crippen molar-refractivity contribution in [2.45, 2.75) is 6.92 Å². The van der Waals surface area contributed by atoms with E-state index in [-0.39, 0.29) is 44.2 Å². The smallest absolute Gasteiger partial charge is 0.200 e. The van der Waals surface area contributed by atoms with Gasteiger partial charge in [-0.3, -0.25) is 14.4 Å². The average Bonchev–Trinajstić information content (AvgIpc) is 2.47. The maximum absolute atomic E-state index is 12.5. The maximum atomic E-state index is 12.5. The number of rotatable bonds is 2. The van der Waals surface area contributed by atoms with E-state index in [0.717, 1.165) is 0 Å². The molecule has 1 N–H and O–H groups in total. The van der Waals surface area contributed by atoms with Crippen molar-refractivity contribution >= 4 is 34.5 Å². The Balaban J connectivity index is 2.66. The van der Waals surface area contributed by atoms with Gasteiger partial charge in [0.1, 0.15) is 11.3 Å². The first kappa shape index (κ1) is 13.1. The van der Waals surface area contributed by atoms with Crippen LogP contribution in [0.2, 0.25) is 0 Å². The van der Waals surface area contributed by atoms with Crippen molar-refractivity contribution in [1.82, 2.24) is 0 Å². The van der Waals surface area contributed by atoms with Crippen molar-refractivity contribution in [2.75, 3.05) is 0 Å². The summed E-state index contributed by atoms with van der Waals surface area (Å²) in [6, 6.07) is 5.90. The standard InChI is InChI=1S/C16H10O5/c1-8-2-3-9-14(20)10-4-5-13(19)12(7-18)16(10)21-15(9)11(8)6-17/h2-7,19H,1H3. The molecule has 0 saturated carbocycles. The van der Waals surface area contributed by atoms with Crippen molar-refractivity contribution in [3.63, 3.8) is 0 Å². The first-order chi connectivity index (χ1) is 10.1. The van der Waals surface area contributed by atoms with Gasteiger partial charge in [0.05, 0.1) is 21.9 Å². The summed E-state index contributed by atoms with van der Waals surface area (Å²) in [5.41, 5.74) is 0.564. The van der Waals surface area contributed by atoms with Crippen LogP contribution in [0, 0.1) is 6.92 Å². The largest absolute Gasteiger partial charge is 0.507 e. The summed E-state index contributed by atoms with van der Waals surface area (Å²) in [6.07, 6.45) is 1.03. The van der Waals surface area contributed by atoms with Crippen molar-refractivity contribution in [2.24, 2.45) is 0 Å². The fourth-order valence-electron chi connectivity index (χ4n) is 2.37. The fraction of sp³-hybridized carbons (Fsp3) is 0.0625. The van der Waals surface area contributed by atoms with E-state index in [1.54, 1.807) is 19.1 Å². The summed E-state index contributed by atoms with van der Waals surface area (Å²) in [5, 5.41) is 10.1. The maximum Gasteiger partial charge on any atom is 0.200 e. The van der Waals surface area contributed by atoms with Gasteiger partial charge in [-0.1, -0.05) is 6.07 Å². The highest BCUT2D eigenvalue weighted by molar-refractivity contribution is 6.04. The average molecular weight is 282 g/mol. The van der Waals surface area contributed by atoms with Crippen molar-refractivity contribution in [1.29, 1.82) is 0 Å². The van der Waals surface area contributed by atoms with Gasteiger partial charge in [0.2, 0.25) is 5.43 Å². The third kappa shape index (κ3) is 1.74. The molecule has 0 bridgehead atoms. The molecule has 3 aromatic rings. The predicted octanol–water partition coefficient (Wildman–Crippen LogP) is 2.59. The molecule has 5 nitrogen and oxygen atoms in total. The van der Waals surface area contributed by atoms with Gasteiger partial charge in [-0.15, -0.1) is 0 Å². The molecule has 0 amide bonds. The molecular weight excluding hydrogens is 272 g/mol. The lowest BCUT2D eigenvalue weighted by molar-refractivity contribution is 0.111. The number of aromatic hydroxyl groups is 1. The first-order valence-electron chi connectivity index (χ1n) is 6.21. The van der Waals surface area contributed by atoms with E-state index in [2.05, 4.69) is 0 Å². The minimum absolute atomic E-state index is 0.0174. The lowest BCUT2D eigenvalue weighted by atomic mass is 10.0. The molecule has 0 aliphatic carbocycles. The van der Waals surface area contributed by atoms with Gasteiger partial charge in [-0.25, -0.2) is 0 Å². The number of hydrogen-bond donors (Lipinski definition) is 1. The van der Waals surface area contributed by atoms with E-state index in [9.17, 15) is 19.5 Å². The molecule has 5 heteroatoms. The Labute approximate surface area is 118 Å². The molecule has 0 spiro atoms. The molecule has 104 valence electrons. The van der Waals surface area contributed by atoms with E-state index in [0.29, 0.717) is 18.1 Å². The number of hydrogen-bond acceptors (Lipinski definition) is 5. The predicted molar refractivity (Wildman–Crippen MR) is 77.2 cm³/mol. The van der Waals surface area contributed by atoms with Crippen LogP contribution in [0.15, 0.2) is 33.5 Å². The van der Waals surface area contributed by atoms with E-state index in [1.807, 2.05) is 0 Å². The number of aryl methyl sites for hydroxylation is 1. The number of aldehydes is 2. The highest BCUT2D eigenvalue weighted by Crippen LogP contribution is 2.28. The first-order valence-corrected chi connectivity index (χ1v) is 6.21. The Bertz CT molecular complexity index is 891. The summed E-state index contributed by atoms with van der Waals surface area (Å²) < 4.78 is 5.61. The molecule has 0 radical (unpaired) electrons. The van der Waals surface area contributed by atoms with Gasteiger partial charge < -0.3 is 9.52 Å². The van der Waals surface area contributed by atoms with Crippen molar-refractivity contribution < 1.29 is 19.1 Å². The van der Waals surface area contributed by atoms with Gasteiger partial charge in [-0.2, -0.15) is 0 Å². The summed E-state index contributed by atoms with van der Waals surface area (Å²) in [7, 11) is 0. The number of phenolic OH excluding ortho intramolecular Hbond substituents is 1. The molecule has 2 aromatic carbocycles. The highest BCUT2D eigenvalue weighted by atomic mass is 16.3. The Morgan fingerprint density at radius 1 is 0.952 bits per heavy atom. The Morgan fingerprint density at radius 3 is 2.14 bits per heavy atom. The molecule has 0 aliphatic heterocycles. The minimum atomic E-state index is -0.350. The second-order valence-corrected chi connectivity index (χ2v) is 4.71. The second kappa shape index (κ2) is 4.56. The molecule has 0 aliphatic rings. The third-order valence-corrected chi connectivity index (χ3v) is 3.52. The normalized spacial score (nSPS) is 10.9. The van der Waals surface area contributed by atoms with E-state index < -0.39 is 0 Å². The molecule has 3 rings (SSSR count). The lowest BCUT2D eigenvalue weighted by Gasteiger charge is -2.07. The lowest BCUT2D eigenvalue weighted by Crippen LogP contribution is -2.05. The van der Waals surface area contributed by atoms with Crippen LogP contribution in [0.1, 0.15) is 26.3 Å². The van der Waals surface area contributed by atoms with Gasteiger partial charge in [0, 0.05) is 0 Å². The van der Waals surface area contributed by atoms with Crippen LogP contribution in [0.5, 0.6) is 5.75 Å². The number of carbonyl (C=O) groups excluding carboxylic acids is 2. The molecular formula is C16H10O5. The molecule has 1 aromatic heterocycles. The van der Waals surface area contributed by atoms with Gasteiger partial charge in [0.15, 0.2) is 18.2 Å². The quantitative estimate of drug-likeness (QED) is 0.577. The van der Waals surface area contributed by atoms with E-state index in [4.69, 9.17) is 4.42 Å². The fourth-order valence-corrected chi connectivity index (χ4v) is 2.37. The second-order valence-electron chi connectivity index (χ2n) is 4.71. The van der Waals surface area contributed by atoms with Crippen molar-refractivity contribution in [3.8, 4) is 5.75 Å². The molecule has 21 heavy (non-hydrogen) atoms. The van der Waals surface area contributed by atoms with Crippen LogP contribution in [-0.4, -0.2) is 17.7 Å². The van der Waals surface area contributed by atoms with Crippen LogP contribution in [-0.2, 0) is 0 Å². The summed E-state index contributed by atoms with van der Waals surface area (Å²) in [6.45, 7) is 1.72. The van der Waals surface area contributed by atoms with Crippen LogP contribution < -0.4 is 5.43 Å². The molecule has 0 fully saturated rings. The molecule has 1 heterocycles. The highest BCUT2D eigenvalue weighted by Gasteiger charge is 2.16. The zero-order valence-electron chi connectivity index (χ0n) is 11.0.